The van der Waals surface area contributed by atoms with E-state index in [4.69, 9.17) is 9.47 Å². The average molecular weight is 859 g/mol. The SMILES string of the molecule is CCCCCCCCCCCCOc1ccc(/C(=C(\c2ccc(Br)cc2)c2ccc(OCCCCCCCCCCCC)cc2)c2ccc(Br)cc2)cc1. The number of ether oxygens (including phenoxy) is 2. The van der Waals surface area contributed by atoms with Crippen molar-refractivity contribution in [2.24, 2.45) is 0 Å². The zero-order valence-electron chi connectivity index (χ0n) is 33.4. The van der Waals surface area contributed by atoms with E-state index >= 15 is 0 Å². The van der Waals surface area contributed by atoms with Crippen molar-refractivity contribution in [3.8, 4) is 11.5 Å². The molecule has 0 saturated carbocycles. The van der Waals surface area contributed by atoms with E-state index in [1.165, 1.54) is 127 Å². The van der Waals surface area contributed by atoms with E-state index in [-0.39, 0.29) is 0 Å². The molecule has 0 bridgehead atoms. The molecule has 0 fully saturated rings. The molecule has 54 heavy (non-hydrogen) atoms. The molecule has 0 N–H and O–H groups in total. The Labute approximate surface area is 345 Å². The van der Waals surface area contributed by atoms with Gasteiger partial charge in [-0.1, -0.05) is 210 Å². The van der Waals surface area contributed by atoms with Crippen molar-refractivity contribution in [1.29, 1.82) is 0 Å². The molecule has 0 spiro atoms. The molecule has 4 heteroatoms. The van der Waals surface area contributed by atoms with Gasteiger partial charge in [0.25, 0.3) is 0 Å². The first kappa shape index (κ1) is 43.9. The van der Waals surface area contributed by atoms with Gasteiger partial charge in [-0.25, -0.2) is 0 Å². The van der Waals surface area contributed by atoms with Gasteiger partial charge in [-0.15, -0.1) is 0 Å². The predicted molar refractivity (Wildman–Crippen MR) is 241 cm³/mol. The van der Waals surface area contributed by atoms with Gasteiger partial charge in [-0.05, 0) is 94.8 Å². The van der Waals surface area contributed by atoms with Crippen LogP contribution in [0.5, 0.6) is 11.5 Å². The number of benzene rings is 4. The summed E-state index contributed by atoms with van der Waals surface area (Å²) in [6, 6.07) is 34.7. The summed E-state index contributed by atoms with van der Waals surface area (Å²) in [4.78, 5) is 0. The molecule has 2 nitrogen and oxygen atoms in total. The molecule has 4 rings (SSSR count). The Kier molecular flexibility index (Phi) is 21.9. The number of unbranched alkanes of at least 4 members (excludes halogenated alkanes) is 18. The Morgan fingerprint density at radius 2 is 0.574 bits per heavy atom. The fraction of sp³-hybridized carbons (Fsp3) is 0.480. The lowest BCUT2D eigenvalue weighted by atomic mass is 9.86. The average Bonchev–Trinajstić information content (AvgIpc) is 3.20. The Morgan fingerprint density at radius 3 is 0.852 bits per heavy atom. The summed E-state index contributed by atoms with van der Waals surface area (Å²) in [6.45, 7) is 6.10. The molecule has 0 atom stereocenters. The van der Waals surface area contributed by atoms with Gasteiger partial charge in [0.05, 0.1) is 13.2 Å². The molecule has 0 unspecified atom stereocenters. The molecule has 0 aliphatic rings. The zero-order valence-corrected chi connectivity index (χ0v) is 36.5. The fourth-order valence-corrected chi connectivity index (χ4v) is 7.67. The minimum atomic E-state index is 0.767. The van der Waals surface area contributed by atoms with Crippen LogP contribution in [-0.4, -0.2) is 13.2 Å². The maximum absolute atomic E-state index is 6.23. The Hall–Kier alpha value is -2.82. The summed E-state index contributed by atoms with van der Waals surface area (Å²) >= 11 is 7.32. The molecule has 0 aromatic heterocycles. The van der Waals surface area contributed by atoms with Crippen molar-refractivity contribution < 1.29 is 9.47 Å². The Morgan fingerprint density at radius 1 is 0.333 bits per heavy atom. The van der Waals surface area contributed by atoms with Gasteiger partial charge in [0.15, 0.2) is 0 Å². The minimum absolute atomic E-state index is 0.767. The molecule has 4 aromatic rings. The van der Waals surface area contributed by atoms with Crippen LogP contribution in [0.2, 0.25) is 0 Å². The lowest BCUT2D eigenvalue weighted by molar-refractivity contribution is 0.304. The standard InChI is InChI=1S/C50H66Br2O2/c1-3-5-7-9-11-13-15-17-19-21-39-53-47-35-27-43(28-36-47)49(41-23-31-45(51)32-24-41)50(42-25-33-46(52)34-26-42)44-29-37-48(38-30-44)54-40-22-20-18-16-14-12-10-8-6-4-2/h23-38H,3-22,39-40H2,1-2H3/b50-49+. The van der Waals surface area contributed by atoms with Crippen molar-refractivity contribution in [2.45, 2.75) is 142 Å². The van der Waals surface area contributed by atoms with E-state index in [1.54, 1.807) is 0 Å². The van der Waals surface area contributed by atoms with Crippen LogP contribution in [0.15, 0.2) is 106 Å². The topological polar surface area (TPSA) is 18.5 Å². The quantitative estimate of drug-likeness (QED) is 0.0418. The molecule has 0 amide bonds. The summed E-state index contributed by atoms with van der Waals surface area (Å²) < 4.78 is 14.6. The third kappa shape index (κ3) is 16.5. The third-order valence-corrected chi connectivity index (χ3v) is 11.4. The van der Waals surface area contributed by atoms with E-state index in [2.05, 4.69) is 143 Å². The first-order valence-electron chi connectivity index (χ1n) is 21.3. The lowest BCUT2D eigenvalue weighted by Crippen LogP contribution is -2.00. The maximum Gasteiger partial charge on any atom is 0.119 e. The summed E-state index contributed by atoms with van der Waals surface area (Å²) in [6.07, 6.45) is 26.5. The number of halogens is 2. The molecule has 0 heterocycles. The van der Waals surface area contributed by atoms with Crippen LogP contribution < -0.4 is 9.47 Å². The molecule has 0 aliphatic heterocycles. The van der Waals surface area contributed by atoms with Gasteiger partial charge in [0.1, 0.15) is 11.5 Å². The van der Waals surface area contributed by atoms with E-state index < -0.39 is 0 Å². The largest absolute Gasteiger partial charge is 0.494 e. The van der Waals surface area contributed by atoms with Gasteiger partial charge < -0.3 is 9.47 Å². The Balaban J connectivity index is 1.42. The lowest BCUT2D eigenvalue weighted by Gasteiger charge is -2.19. The summed E-state index contributed by atoms with van der Waals surface area (Å²) in [5.41, 5.74) is 7.01. The summed E-state index contributed by atoms with van der Waals surface area (Å²) in [7, 11) is 0. The highest BCUT2D eigenvalue weighted by atomic mass is 79.9. The van der Waals surface area contributed by atoms with Crippen molar-refractivity contribution in [1.82, 2.24) is 0 Å². The normalized spacial score (nSPS) is 11.8. The highest BCUT2D eigenvalue weighted by molar-refractivity contribution is 9.10. The van der Waals surface area contributed by atoms with Crippen LogP contribution in [-0.2, 0) is 0 Å². The molecule has 0 saturated heterocycles. The highest BCUT2D eigenvalue weighted by Crippen LogP contribution is 2.38. The second-order valence-corrected chi connectivity index (χ2v) is 16.7. The molecule has 0 radical (unpaired) electrons. The van der Waals surface area contributed by atoms with Crippen LogP contribution in [0.4, 0.5) is 0 Å². The van der Waals surface area contributed by atoms with Gasteiger partial charge in [0.2, 0.25) is 0 Å². The predicted octanol–water partition coefficient (Wildman–Crippen LogP) is 16.8. The third-order valence-electron chi connectivity index (χ3n) is 10.3. The number of hydrogen-bond donors (Lipinski definition) is 0. The van der Waals surface area contributed by atoms with Gasteiger partial charge in [0, 0.05) is 8.95 Å². The van der Waals surface area contributed by atoms with Crippen molar-refractivity contribution in [3.63, 3.8) is 0 Å². The summed E-state index contributed by atoms with van der Waals surface area (Å²) in [5.74, 6) is 1.86. The Bertz CT molecular complexity index is 1450. The van der Waals surface area contributed by atoms with Gasteiger partial charge in [-0.3, -0.25) is 0 Å². The van der Waals surface area contributed by atoms with Crippen LogP contribution in [0.3, 0.4) is 0 Å². The molecule has 0 aliphatic carbocycles. The molecular weight excluding hydrogens is 792 g/mol. The second-order valence-electron chi connectivity index (χ2n) is 14.9. The van der Waals surface area contributed by atoms with E-state index in [1.807, 2.05) is 0 Å². The highest BCUT2D eigenvalue weighted by Gasteiger charge is 2.17. The van der Waals surface area contributed by atoms with Crippen LogP contribution in [0.25, 0.3) is 11.1 Å². The van der Waals surface area contributed by atoms with Crippen molar-refractivity contribution >= 4 is 43.0 Å². The van der Waals surface area contributed by atoms with E-state index in [0.717, 1.165) is 68.8 Å². The van der Waals surface area contributed by atoms with Gasteiger partial charge >= 0.3 is 0 Å². The smallest absolute Gasteiger partial charge is 0.119 e. The monoisotopic (exact) mass is 856 g/mol. The summed E-state index contributed by atoms with van der Waals surface area (Å²) in [5, 5.41) is 0. The zero-order chi connectivity index (χ0) is 38.1. The molecule has 4 aromatic carbocycles. The van der Waals surface area contributed by atoms with E-state index in [0.29, 0.717) is 0 Å². The van der Waals surface area contributed by atoms with Crippen molar-refractivity contribution in [2.75, 3.05) is 13.2 Å². The van der Waals surface area contributed by atoms with Crippen LogP contribution in [0, 0.1) is 0 Å². The minimum Gasteiger partial charge on any atom is -0.494 e. The molecular formula is C50H66Br2O2. The first-order valence-corrected chi connectivity index (χ1v) is 22.9. The van der Waals surface area contributed by atoms with Gasteiger partial charge in [-0.2, -0.15) is 0 Å². The maximum atomic E-state index is 6.23. The molecule has 292 valence electrons. The number of rotatable bonds is 28. The number of hydrogen-bond acceptors (Lipinski definition) is 2. The van der Waals surface area contributed by atoms with Crippen molar-refractivity contribution in [3.05, 3.63) is 128 Å². The van der Waals surface area contributed by atoms with E-state index in [9.17, 15) is 0 Å². The second kappa shape index (κ2) is 26.9. The van der Waals surface area contributed by atoms with Crippen LogP contribution >= 0.6 is 31.9 Å². The first-order chi connectivity index (χ1) is 26.6. The fourth-order valence-electron chi connectivity index (χ4n) is 7.14. The van der Waals surface area contributed by atoms with Crippen LogP contribution in [0.1, 0.15) is 165 Å².